The van der Waals surface area contributed by atoms with E-state index in [0.717, 1.165) is 31.0 Å². The second-order valence-electron chi connectivity index (χ2n) is 6.97. The van der Waals surface area contributed by atoms with Crippen molar-refractivity contribution in [2.75, 3.05) is 44.2 Å². The van der Waals surface area contributed by atoms with Crippen LogP contribution in [0.25, 0.3) is 0 Å². The van der Waals surface area contributed by atoms with Crippen molar-refractivity contribution in [1.29, 1.82) is 0 Å². The fraction of sp³-hybridized carbons (Fsp3) is 0.476. The first-order valence-electron chi connectivity index (χ1n) is 9.93. The number of anilines is 1. The van der Waals surface area contributed by atoms with E-state index in [9.17, 15) is 4.79 Å². The Balaban J connectivity index is 1.57. The van der Waals surface area contributed by atoms with E-state index in [0.29, 0.717) is 24.7 Å². The largest absolute Gasteiger partial charge is 0.357 e. The molecule has 0 spiro atoms. The normalized spacial score (nSPS) is 19.9. The molecule has 0 aromatic carbocycles. The van der Waals surface area contributed by atoms with E-state index >= 15 is 0 Å². The van der Waals surface area contributed by atoms with Gasteiger partial charge in [-0.05, 0) is 31.9 Å². The number of nitrogens with one attached hydrogen (secondary N) is 1. The summed E-state index contributed by atoms with van der Waals surface area (Å²) in [5.74, 6) is 1.15. The van der Waals surface area contributed by atoms with Crippen LogP contribution in [-0.4, -0.2) is 66.1 Å². The number of allylic oxidation sites excluding steroid dienone is 1. The molecule has 2 saturated heterocycles. The number of piperazine rings is 1. The first-order valence-corrected chi connectivity index (χ1v) is 10.4. The third-order valence-corrected chi connectivity index (χ3v) is 5.39. The molecular weight excluding hydrogens is 370 g/mol. The topological polar surface area (TPSA) is 60.8 Å². The van der Waals surface area contributed by atoms with E-state index < -0.39 is 0 Å². The summed E-state index contributed by atoms with van der Waals surface area (Å²) in [6.45, 7) is 6.60. The summed E-state index contributed by atoms with van der Waals surface area (Å²) in [5, 5.41) is 3.78. The molecule has 1 amide bonds. The molecule has 6 nitrogen and oxygen atoms in total. The zero-order chi connectivity index (χ0) is 19.8. The molecule has 0 radical (unpaired) electrons. The molecule has 1 N–H and O–H groups in total. The third-order valence-electron chi connectivity index (χ3n) is 4.99. The SMILES string of the molecule is C/C=C\C(/C=C\C/N=C(\S)c1ccc(N2CCCC2)nc1)N1CCNCC1=O. The molecule has 2 aliphatic rings. The molecule has 2 aliphatic heterocycles. The van der Waals surface area contributed by atoms with E-state index in [2.05, 4.69) is 32.8 Å². The summed E-state index contributed by atoms with van der Waals surface area (Å²) >= 11 is 4.52. The van der Waals surface area contributed by atoms with E-state index in [1.54, 1.807) is 0 Å². The molecule has 1 unspecified atom stereocenters. The van der Waals surface area contributed by atoms with Gasteiger partial charge in [0.15, 0.2) is 0 Å². The third kappa shape index (κ3) is 5.45. The predicted octanol–water partition coefficient (Wildman–Crippen LogP) is 2.29. The number of carbonyl (C=O) groups excluding carboxylic acids is 1. The zero-order valence-corrected chi connectivity index (χ0v) is 17.3. The minimum atomic E-state index is -0.0282. The maximum absolute atomic E-state index is 12.1. The molecule has 7 heteroatoms. The van der Waals surface area contributed by atoms with E-state index in [1.165, 1.54) is 12.8 Å². The summed E-state index contributed by atoms with van der Waals surface area (Å²) in [6.07, 6.45) is 12.3. The summed E-state index contributed by atoms with van der Waals surface area (Å²) in [5.41, 5.74) is 0.918. The lowest BCUT2D eigenvalue weighted by molar-refractivity contribution is -0.132. The van der Waals surface area contributed by atoms with Gasteiger partial charge >= 0.3 is 0 Å². The van der Waals surface area contributed by atoms with Crippen LogP contribution in [0, 0.1) is 0 Å². The van der Waals surface area contributed by atoms with Gasteiger partial charge in [0.1, 0.15) is 5.82 Å². The summed E-state index contributed by atoms with van der Waals surface area (Å²) in [6, 6.07) is 4.04. The Morgan fingerprint density at radius 2 is 2.14 bits per heavy atom. The van der Waals surface area contributed by atoms with Crippen LogP contribution in [-0.2, 0) is 4.79 Å². The minimum absolute atomic E-state index is 0.0282. The lowest BCUT2D eigenvalue weighted by atomic mass is 10.1. The van der Waals surface area contributed by atoms with Gasteiger partial charge in [0.2, 0.25) is 5.91 Å². The van der Waals surface area contributed by atoms with Gasteiger partial charge in [-0.3, -0.25) is 9.79 Å². The first kappa shape index (κ1) is 20.6. The highest BCUT2D eigenvalue weighted by atomic mass is 32.1. The molecule has 2 fully saturated rings. The standard InChI is InChI=1S/C21H29N5OS/c1-2-6-18(26-14-11-22-16-20(26)27)7-5-10-23-21(28)17-8-9-19(24-15-17)25-12-3-4-13-25/h2,5-9,15,18,22H,3-4,10-14,16H2,1H3,(H,23,28)/b6-2-,7-5-. The van der Waals surface area contributed by atoms with Gasteiger partial charge in [-0.1, -0.05) is 24.3 Å². The van der Waals surface area contributed by atoms with Crippen LogP contribution in [0.4, 0.5) is 5.82 Å². The number of nitrogens with zero attached hydrogens (tertiary/aromatic N) is 4. The Morgan fingerprint density at radius 1 is 1.32 bits per heavy atom. The van der Waals surface area contributed by atoms with Gasteiger partial charge in [0, 0.05) is 37.9 Å². The Labute approximate surface area is 172 Å². The lowest BCUT2D eigenvalue weighted by Crippen LogP contribution is -2.51. The molecule has 0 saturated carbocycles. The van der Waals surface area contributed by atoms with Crippen LogP contribution in [0.3, 0.4) is 0 Å². The number of pyridine rings is 1. The lowest BCUT2D eigenvalue weighted by Gasteiger charge is -2.31. The van der Waals surface area contributed by atoms with Crippen LogP contribution in [0.5, 0.6) is 0 Å². The van der Waals surface area contributed by atoms with Crippen molar-refractivity contribution in [2.45, 2.75) is 25.8 Å². The van der Waals surface area contributed by atoms with Gasteiger partial charge in [-0.15, -0.1) is 12.6 Å². The molecule has 28 heavy (non-hydrogen) atoms. The van der Waals surface area contributed by atoms with Crippen molar-refractivity contribution < 1.29 is 4.79 Å². The Hall–Kier alpha value is -2.12. The maximum Gasteiger partial charge on any atom is 0.237 e. The number of aromatic nitrogens is 1. The predicted molar refractivity (Wildman–Crippen MR) is 118 cm³/mol. The Morgan fingerprint density at radius 3 is 2.82 bits per heavy atom. The van der Waals surface area contributed by atoms with E-state index in [-0.39, 0.29) is 11.9 Å². The second-order valence-corrected chi connectivity index (χ2v) is 7.40. The average Bonchev–Trinajstić information content (AvgIpc) is 3.26. The minimum Gasteiger partial charge on any atom is -0.357 e. The fourth-order valence-corrected chi connectivity index (χ4v) is 3.70. The fourth-order valence-electron chi connectivity index (χ4n) is 3.49. The van der Waals surface area contributed by atoms with Crippen molar-refractivity contribution >= 4 is 29.4 Å². The van der Waals surface area contributed by atoms with Crippen LogP contribution < -0.4 is 10.2 Å². The Kier molecular flexibility index (Phi) is 7.68. The highest BCUT2D eigenvalue weighted by molar-refractivity contribution is 7.97. The number of hydrogen-bond acceptors (Lipinski definition) is 5. The number of aliphatic imine (C=N–C) groups is 1. The maximum atomic E-state index is 12.1. The van der Waals surface area contributed by atoms with Crippen LogP contribution in [0.15, 0.2) is 47.6 Å². The molecule has 1 atom stereocenters. The number of rotatable bonds is 7. The average molecular weight is 400 g/mol. The van der Waals surface area contributed by atoms with Crippen molar-refractivity contribution in [2.24, 2.45) is 4.99 Å². The van der Waals surface area contributed by atoms with Crippen LogP contribution >= 0.6 is 12.6 Å². The molecule has 0 aliphatic carbocycles. The second kappa shape index (κ2) is 10.4. The molecule has 0 bridgehead atoms. The van der Waals surface area contributed by atoms with Crippen LogP contribution in [0.2, 0.25) is 0 Å². The summed E-state index contributed by atoms with van der Waals surface area (Å²) in [7, 11) is 0. The van der Waals surface area contributed by atoms with Gasteiger partial charge < -0.3 is 15.1 Å². The van der Waals surface area contributed by atoms with Gasteiger partial charge in [-0.25, -0.2) is 4.98 Å². The molecule has 150 valence electrons. The van der Waals surface area contributed by atoms with Crippen molar-refractivity contribution in [3.8, 4) is 0 Å². The monoisotopic (exact) mass is 399 g/mol. The quantitative estimate of drug-likeness (QED) is 0.320. The highest BCUT2D eigenvalue weighted by Gasteiger charge is 2.22. The number of thiol groups is 1. The molecule has 1 aromatic rings. The van der Waals surface area contributed by atoms with E-state index in [1.807, 2.05) is 54.5 Å². The van der Waals surface area contributed by atoms with Gasteiger partial charge in [-0.2, -0.15) is 0 Å². The number of carbonyl (C=O) groups is 1. The van der Waals surface area contributed by atoms with Crippen molar-refractivity contribution in [1.82, 2.24) is 15.2 Å². The molecule has 1 aromatic heterocycles. The molecule has 3 rings (SSSR count). The van der Waals surface area contributed by atoms with Gasteiger partial charge in [0.25, 0.3) is 0 Å². The van der Waals surface area contributed by atoms with Crippen molar-refractivity contribution in [3.05, 3.63) is 48.2 Å². The first-order chi connectivity index (χ1) is 13.7. The van der Waals surface area contributed by atoms with Gasteiger partial charge in [0.05, 0.1) is 24.2 Å². The molecule has 3 heterocycles. The summed E-state index contributed by atoms with van der Waals surface area (Å²) < 4.78 is 0. The number of hydrogen-bond donors (Lipinski definition) is 2. The molecular formula is C21H29N5OS. The number of amides is 1. The summed E-state index contributed by atoms with van der Waals surface area (Å²) in [4.78, 5) is 25.4. The zero-order valence-electron chi connectivity index (χ0n) is 16.4. The Bertz CT molecular complexity index is 738. The van der Waals surface area contributed by atoms with Crippen molar-refractivity contribution in [3.63, 3.8) is 0 Å². The smallest absolute Gasteiger partial charge is 0.237 e. The van der Waals surface area contributed by atoms with Crippen LogP contribution in [0.1, 0.15) is 25.3 Å². The van der Waals surface area contributed by atoms with E-state index in [4.69, 9.17) is 0 Å². The highest BCUT2D eigenvalue weighted by Crippen LogP contribution is 2.18.